The zero-order chi connectivity index (χ0) is 14.8. The fourth-order valence-corrected chi connectivity index (χ4v) is 3.72. The number of nitrogens with two attached hydrogens (primary N) is 1. The molecule has 1 saturated heterocycles. The van der Waals surface area contributed by atoms with Gasteiger partial charge in [-0.1, -0.05) is 35.7 Å². The van der Waals surface area contributed by atoms with Crippen LogP contribution in [0.5, 0.6) is 0 Å². The highest BCUT2D eigenvalue weighted by Crippen LogP contribution is 2.35. The molecule has 0 amide bonds. The lowest BCUT2D eigenvalue weighted by atomic mass is 9.89. The number of hydrogen-bond donors (Lipinski definition) is 2. The Bertz CT molecular complexity index is 548. The Morgan fingerprint density at radius 2 is 2.19 bits per heavy atom. The number of anilines is 1. The summed E-state index contributed by atoms with van der Waals surface area (Å²) in [6, 6.07) is 5.99. The standard InChI is InChI=1S/C15H20ClN3O2/c16-10-4-3-6-12(14(10)15(17)18-20)19-8-9-21-13-7-2-1-5-11(13)19/h3-4,6,11,13,20H,1-2,5,7-9H2,(H2,17,18). The molecular weight excluding hydrogens is 290 g/mol. The van der Waals surface area contributed by atoms with Gasteiger partial charge < -0.3 is 20.6 Å². The van der Waals surface area contributed by atoms with Crippen LogP contribution in [0, 0.1) is 0 Å². The molecule has 0 spiro atoms. The number of halogens is 1. The highest BCUT2D eigenvalue weighted by molar-refractivity contribution is 6.34. The molecule has 5 nitrogen and oxygen atoms in total. The van der Waals surface area contributed by atoms with Crippen molar-refractivity contribution in [3.05, 3.63) is 28.8 Å². The number of nitrogens with zero attached hydrogens (tertiary/aromatic N) is 2. The van der Waals surface area contributed by atoms with Gasteiger partial charge in [-0.15, -0.1) is 0 Å². The fourth-order valence-electron chi connectivity index (χ4n) is 3.45. The SMILES string of the molecule is NC(=NO)c1c(Cl)cccc1N1CCOC2CCCCC21. The molecule has 2 unspecified atom stereocenters. The molecule has 2 fully saturated rings. The van der Waals surface area contributed by atoms with Gasteiger partial charge >= 0.3 is 0 Å². The van der Waals surface area contributed by atoms with Gasteiger partial charge in [-0.25, -0.2) is 0 Å². The van der Waals surface area contributed by atoms with Gasteiger partial charge in [0.25, 0.3) is 0 Å². The summed E-state index contributed by atoms with van der Waals surface area (Å²) in [7, 11) is 0. The van der Waals surface area contributed by atoms with Crippen LogP contribution in [-0.2, 0) is 4.74 Å². The molecule has 0 bridgehead atoms. The van der Waals surface area contributed by atoms with Gasteiger partial charge in [0.15, 0.2) is 5.84 Å². The van der Waals surface area contributed by atoms with Gasteiger partial charge in [-0.05, 0) is 25.0 Å². The van der Waals surface area contributed by atoms with Crippen LogP contribution >= 0.6 is 11.6 Å². The number of benzene rings is 1. The van der Waals surface area contributed by atoms with E-state index < -0.39 is 0 Å². The van der Waals surface area contributed by atoms with E-state index in [1.807, 2.05) is 12.1 Å². The highest BCUT2D eigenvalue weighted by Gasteiger charge is 2.35. The van der Waals surface area contributed by atoms with Crippen molar-refractivity contribution in [3.63, 3.8) is 0 Å². The summed E-state index contributed by atoms with van der Waals surface area (Å²) >= 11 is 6.27. The summed E-state index contributed by atoms with van der Waals surface area (Å²) in [5, 5.41) is 12.7. The summed E-state index contributed by atoms with van der Waals surface area (Å²) in [6.45, 7) is 1.50. The number of rotatable bonds is 2. The van der Waals surface area contributed by atoms with Gasteiger partial charge in [0.2, 0.25) is 0 Å². The molecule has 0 radical (unpaired) electrons. The maximum atomic E-state index is 9.03. The summed E-state index contributed by atoms with van der Waals surface area (Å²) < 4.78 is 5.90. The number of oxime groups is 1. The average Bonchev–Trinajstić information content (AvgIpc) is 2.53. The second-order valence-corrected chi connectivity index (χ2v) is 5.98. The average molecular weight is 310 g/mol. The molecule has 6 heteroatoms. The van der Waals surface area contributed by atoms with E-state index >= 15 is 0 Å². The van der Waals surface area contributed by atoms with Crippen molar-refractivity contribution in [3.8, 4) is 0 Å². The summed E-state index contributed by atoms with van der Waals surface area (Å²) in [5.74, 6) is 0.0504. The van der Waals surface area contributed by atoms with Gasteiger partial charge in [0.05, 0.1) is 29.3 Å². The molecule has 1 aliphatic carbocycles. The third kappa shape index (κ3) is 2.68. The van der Waals surface area contributed by atoms with E-state index in [9.17, 15) is 0 Å². The topological polar surface area (TPSA) is 71.1 Å². The van der Waals surface area contributed by atoms with E-state index in [0.717, 1.165) is 25.1 Å². The zero-order valence-corrected chi connectivity index (χ0v) is 12.6. The summed E-state index contributed by atoms with van der Waals surface area (Å²) in [4.78, 5) is 2.31. The lowest BCUT2D eigenvalue weighted by molar-refractivity contribution is -0.00868. The second kappa shape index (κ2) is 6.12. The molecule has 1 heterocycles. The Hall–Kier alpha value is -1.46. The third-order valence-corrected chi connectivity index (χ3v) is 4.71. The molecule has 1 aromatic rings. The number of ether oxygens (including phenoxy) is 1. The van der Waals surface area contributed by atoms with Crippen LogP contribution in [0.25, 0.3) is 0 Å². The van der Waals surface area contributed by atoms with Gasteiger partial charge in [0, 0.05) is 12.2 Å². The summed E-state index contributed by atoms with van der Waals surface area (Å²) in [5.41, 5.74) is 7.36. The van der Waals surface area contributed by atoms with E-state index in [-0.39, 0.29) is 11.9 Å². The van der Waals surface area contributed by atoms with Crippen LogP contribution in [0.2, 0.25) is 5.02 Å². The van der Waals surface area contributed by atoms with Crippen molar-refractivity contribution in [2.45, 2.75) is 37.8 Å². The Morgan fingerprint density at radius 1 is 1.38 bits per heavy atom. The van der Waals surface area contributed by atoms with E-state index in [1.165, 1.54) is 12.8 Å². The minimum atomic E-state index is 0.0504. The van der Waals surface area contributed by atoms with Gasteiger partial charge in [-0.2, -0.15) is 0 Å². The van der Waals surface area contributed by atoms with Crippen LogP contribution in [-0.4, -0.2) is 36.3 Å². The lowest BCUT2D eigenvalue weighted by Crippen LogP contribution is -2.53. The zero-order valence-electron chi connectivity index (χ0n) is 11.8. The van der Waals surface area contributed by atoms with Crippen molar-refractivity contribution in [1.29, 1.82) is 0 Å². The largest absolute Gasteiger partial charge is 0.409 e. The van der Waals surface area contributed by atoms with Gasteiger partial charge in [-0.3, -0.25) is 0 Å². The first-order valence-electron chi connectivity index (χ1n) is 7.37. The fraction of sp³-hybridized carbons (Fsp3) is 0.533. The van der Waals surface area contributed by atoms with E-state index in [2.05, 4.69) is 10.1 Å². The lowest BCUT2D eigenvalue weighted by Gasteiger charge is -2.45. The minimum absolute atomic E-state index is 0.0504. The Labute approximate surface area is 129 Å². The molecule has 3 N–H and O–H groups in total. The molecule has 1 aromatic carbocycles. The van der Waals surface area contributed by atoms with Crippen molar-refractivity contribution in [2.24, 2.45) is 10.9 Å². The van der Waals surface area contributed by atoms with E-state index in [1.54, 1.807) is 6.07 Å². The first-order chi connectivity index (χ1) is 10.2. The minimum Gasteiger partial charge on any atom is -0.409 e. The number of amidine groups is 1. The van der Waals surface area contributed by atoms with Gasteiger partial charge in [0.1, 0.15) is 0 Å². The maximum absolute atomic E-state index is 9.03. The third-order valence-electron chi connectivity index (χ3n) is 4.40. The van der Waals surface area contributed by atoms with Crippen LogP contribution in [0.3, 0.4) is 0 Å². The first kappa shape index (κ1) is 14.5. The van der Waals surface area contributed by atoms with Crippen LogP contribution < -0.4 is 10.6 Å². The molecule has 0 aromatic heterocycles. The Kier molecular flexibility index (Phi) is 4.22. The molecule has 2 atom stereocenters. The number of fused-ring (bicyclic) bond motifs is 1. The van der Waals surface area contributed by atoms with Crippen LogP contribution in [0.4, 0.5) is 5.69 Å². The Balaban J connectivity index is 2.01. The second-order valence-electron chi connectivity index (χ2n) is 5.57. The highest BCUT2D eigenvalue weighted by atomic mass is 35.5. The molecule has 21 heavy (non-hydrogen) atoms. The van der Waals surface area contributed by atoms with Crippen LogP contribution in [0.1, 0.15) is 31.2 Å². The molecule has 3 rings (SSSR count). The molecule has 1 aliphatic heterocycles. The number of hydrogen-bond acceptors (Lipinski definition) is 4. The van der Waals surface area contributed by atoms with Crippen LogP contribution in [0.15, 0.2) is 23.4 Å². The first-order valence-corrected chi connectivity index (χ1v) is 7.75. The normalized spacial score (nSPS) is 26.5. The predicted octanol–water partition coefficient (Wildman–Crippen LogP) is 2.58. The van der Waals surface area contributed by atoms with Crippen molar-refractivity contribution < 1.29 is 9.94 Å². The molecular formula is C15H20ClN3O2. The number of morpholine rings is 1. The van der Waals surface area contributed by atoms with E-state index in [0.29, 0.717) is 23.2 Å². The van der Waals surface area contributed by atoms with Crippen molar-refractivity contribution >= 4 is 23.1 Å². The van der Waals surface area contributed by atoms with Crippen molar-refractivity contribution in [2.75, 3.05) is 18.1 Å². The summed E-state index contributed by atoms with van der Waals surface area (Å²) in [6.07, 6.45) is 4.90. The van der Waals surface area contributed by atoms with Crippen molar-refractivity contribution in [1.82, 2.24) is 0 Å². The van der Waals surface area contributed by atoms with E-state index in [4.69, 9.17) is 27.3 Å². The monoisotopic (exact) mass is 309 g/mol. The smallest absolute Gasteiger partial charge is 0.173 e. The molecule has 2 aliphatic rings. The molecule has 114 valence electrons. The maximum Gasteiger partial charge on any atom is 0.173 e. The Morgan fingerprint density at radius 3 is 3.00 bits per heavy atom. The molecule has 1 saturated carbocycles. The quantitative estimate of drug-likeness (QED) is 0.381. The predicted molar refractivity (Wildman–Crippen MR) is 83.3 cm³/mol.